The Bertz CT molecular complexity index is 327. The standard InChI is InChI=1S/C14H21F2NO/c1-3-8-17-13(9-18-10-14(15)16)12-6-4-11(2)5-7-12/h4-7,13-14,17H,3,8-10H2,1-2H3. The molecule has 0 aromatic heterocycles. The van der Waals surface area contributed by atoms with E-state index in [1.807, 2.05) is 31.2 Å². The molecule has 0 spiro atoms. The van der Waals surface area contributed by atoms with E-state index in [4.69, 9.17) is 4.74 Å². The molecule has 2 nitrogen and oxygen atoms in total. The van der Waals surface area contributed by atoms with E-state index in [2.05, 4.69) is 12.2 Å². The highest BCUT2D eigenvalue weighted by Crippen LogP contribution is 2.14. The zero-order valence-electron chi connectivity index (χ0n) is 11.0. The Hall–Kier alpha value is -1.00. The molecule has 1 unspecified atom stereocenters. The van der Waals surface area contributed by atoms with Crippen LogP contribution in [0, 0.1) is 6.92 Å². The molecule has 0 radical (unpaired) electrons. The highest BCUT2D eigenvalue weighted by atomic mass is 19.3. The van der Waals surface area contributed by atoms with E-state index in [-0.39, 0.29) is 12.6 Å². The predicted octanol–water partition coefficient (Wildman–Crippen LogP) is 3.32. The second-order valence-electron chi connectivity index (χ2n) is 4.35. The molecule has 1 N–H and O–H groups in total. The lowest BCUT2D eigenvalue weighted by Crippen LogP contribution is -2.27. The molecule has 18 heavy (non-hydrogen) atoms. The van der Waals surface area contributed by atoms with Crippen molar-refractivity contribution >= 4 is 0 Å². The molecule has 1 aromatic carbocycles. The van der Waals surface area contributed by atoms with Crippen LogP contribution in [0.2, 0.25) is 0 Å². The molecule has 0 aliphatic carbocycles. The molecule has 4 heteroatoms. The number of halogens is 2. The van der Waals surface area contributed by atoms with Crippen LogP contribution in [0.5, 0.6) is 0 Å². The Morgan fingerprint density at radius 2 is 1.83 bits per heavy atom. The van der Waals surface area contributed by atoms with Crippen LogP contribution in [0.15, 0.2) is 24.3 Å². The van der Waals surface area contributed by atoms with Gasteiger partial charge in [0.1, 0.15) is 6.61 Å². The first-order valence-electron chi connectivity index (χ1n) is 6.29. The van der Waals surface area contributed by atoms with Crippen molar-refractivity contribution < 1.29 is 13.5 Å². The number of benzene rings is 1. The van der Waals surface area contributed by atoms with E-state index in [1.165, 1.54) is 5.56 Å². The minimum atomic E-state index is -2.41. The third-order valence-electron chi connectivity index (χ3n) is 2.65. The van der Waals surface area contributed by atoms with Crippen LogP contribution in [0.4, 0.5) is 8.78 Å². The smallest absolute Gasteiger partial charge is 0.261 e. The molecule has 0 saturated carbocycles. The fourth-order valence-corrected chi connectivity index (χ4v) is 1.67. The Balaban J connectivity index is 2.56. The van der Waals surface area contributed by atoms with Crippen molar-refractivity contribution in [2.45, 2.75) is 32.7 Å². The van der Waals surface area contributed by atoms with Crippen LogP contribution < -0.4 is 5.32 Å². The lowest BCUT2D eigenvalue weighted by atomic mass is 10.1. The van der Waals surface area contributed by atoms with Crippen molar-refractivity contribution in [1.29, 1.82) is 0 Å². The van der Waals surface area contributed by atoms with Crippen molar-refractivity contribution in [3.05, 3.63) is 35.4 Å². The van der Waals surface area contributed by atoms with Gasteiger partial charge in [-0.05, 0) is 25.5 Å². The topological polar surface area (TPSA) is 21.3 Å². The number of rotatable bonds is 8. The van der Waals surface area contributed by atoms with Crippen LogP contribution >= 0.6 is 0 Å². The van der Waals surface area contributed by atoms with Gasteiger partial charge >= 0.3 is 0 Å². The Kier molecular flexibility index (Phi) is 6.83. The maximum Gasteiger partial charge on any atom is 0.261 e. The molecule has 0 fully saturated rings. The van der Waals surface area contributed by atoms with Crippen LogP contribution in [0.25, 0.3) is 0 Å². The van der Waals surface area contributed by atoms with E-state index in [0.717, 1.165) is 18.5 Å². The lowest BCUT2D eigenvalue weighted by molar-refractivity contribution is 0.00921. The summed E-state index contributed by atoms with van der Waals surface area (Å²) < 4.78 is 29.1. The van der Waals surface area contributed by atoms with Crippen molar-refractivity contribution in [2.24, 2.45) is 0 Å². The molecule has 102 valence electrons. The molecule has 0 aliphatic heterocycles. The van der Waals surface area contributed by atoms with Crippen LogP contribution in [0.3, 0.4) is 0 Å². The molecule has 0 amide bonds. The summed E-state index contributed by atoms with van der Waals surface area (Å²) in [6, 6.07) is 8.03. The predicted molar refractivity (Wildman–Crippen MR) is 69.0 cm³/mol. The number of hydrogen-bond acceptors (Lipinski definition) is 2. The largest absolute Gasteiger partial charge is 0.374 e. The monoisotopic (exact) mass is 257 g/mol. The van der Waals surface area contributed by atoms with Crippen LogP contribution in [-0.4, -0.2) is 26.2 Å². The number of ether oxygens (including phenoxy) is 1. The molecule has 1 aromatic rings. The molecule has 1 rings (SSSR count). The average molecular weight is 257 g/mol. The van der Waals surface area contributed by atoms with Gasteiger partial charge in [0.15, 0.2) is 0 Å². The van der Waals surface area contributed by atoms with Gasteiger partial charge in [0.2, 0.25) is 0 Å². The van der Waals surface area contributed by atoms with Crippen LogP contribution in [-0.2, 0) is 4.74 Å². The van der Waals surface area contributed by atoms with Crippen molar-refractivity contribution in [2.75, 3.05) is 19.8 Å². The number of nitrogens with one attached hydrogen (secondary N) is 1. The van der Waals surface area contributed by atoms with Gasteiger partial charge in [0, 0.05) is 0 Å². The first-order valence-corrected chi connectivity index (χ1v) is 6.29. The van der Waals surface area contributed by atoms with Gasteiger partial charge in [-0.3, -0.25) is 0 Å². The third kappa shape index (κ3) is 5.56. The van der Waals surface area contributed by atoms with Gasteiger partial charge in [-0.15, -0.1) is 0 Å². The summed E-state index contributed by atoms with van der Waals surface area (Å²) in [4.78, 5) is 0. The van der Waals surface area contributed by atoms with E-state index in [0.29, 0.717) is 0 Å². The normalized spacial score (nSPS) is 12.9. The Morgan fingerprint density at radius 1 is 1.17 bits per heavy atom. The van der Waals surface area contributed by atoms with E-state index in [1.54, 1.807) is 0 Å². The van der Waals surface area contributed by atoms with Gasteiger partial charge in [-0.1, -0.05) is 36.8 Å². The van der Waals surface area contributed by atoms with Gasteiger partial charge < -0.3 is 10.1 Å². The van der Waals surface area contributed by atoms with Crippen LogP contribution in [0.1, 0.15) is 30.5 Å². The van der Waals surface area contributed by atoms with E-state index >= 15 is 0 Å². The number of aryl methyl sites for hydroxylation is 1. The summed E-state index contributed by atoms with van der Waals surface area (Å²) in [6.07, 6.45) is -1.41. The summed E-state index contributed by atoms with van der Waals surface area (Å²) in [7, 11) is 0. The van der Waals surface area contributed by atoms with Gasteiger partial charge in [-0.25, -0.2) is 8.78 Å². The maximum atomic E-state index is 12.0. The second kappa shape index (κ2) is 8.16. The van der Waals surface area contributed by atoms with Crippen molar-refractivity contribution in [1.82, 2.24) is 5.32 Å². The molecular formula is C14H21F2NO. The fourth-order valence-electron chi connectivity index (χ4n) is 1.67. The first kappa shape index (κ1) is 15.1. The SMILES string of the molecule is CCCNC(COCC(F)F)c1ccc(C)cc1. The molecule has 0 aliphatic rings. The van der Waals surface area contributed by atoms with Crippen molar-refractivity contribution in [3.8, 4) is 0 Å². The summed E-state index contributed by atoms with van der Waals surface area (Å²) >= 11 is 0. The van der Waals surface area contributed by atoms with E-state index < -0.39 is 13.0 Å². The summed E-state index contributed by atoms with van der Waals surface area (Å²) in [6.45, 7) is 4.70. The first-order chi connectivity index (χ1) is 8.63. The fraction of sp³-hybridized carbons (Fsp3) is 0.571. The highest BCUT2D eigenvalue weighted by Gasteiger charge is 2.12. The summed E-state index contributed by atoms with van der Waals surface area (Å²) in [5, 5.41) is 3.31. The number of hydrogen-bond donors (Lipinski definition) is 1. The van der Waals surface area contributed by atoms with E-state index in [9.17, 15) is 8.78 Å². The molecular weight excluding hydrogens is 236 g/mol. The quantitative estimate of drug-likeness (QED) is 0.771. The molecule has 0 heterocycles. The third-order valence-corrected chi connectivity index (χ3v) is 2.65. The van der Waals surface area contributed by atoms with Gasteiger partial charge in [-0.2, -0.15) is 0 Å². The zero-order valence-corrected chi connectivity index (χ0v) is 11.0. The second-order valence-corrected chi connectivity index (χ2v) is 4.35. The lowest BCUT2D eigenvalue weighted by Gasteiger charge is -2.19. The average Bonchev–Trinajstić information content (AvgIpc) is 2.34. The Labute approximate surface area is 107 Å². The summed E-state index contributed by atoms with van der Waals surface area (Å²) in [5.41, 5.74) is 2.25. The van der Waals surface area contributed by atoms with Gasteiger partial charge in [0.05, 0.1) is 12.6 Å². The highest BCUT2D eigenvalue weighted by molar-refractivity contribution is 5.24. The maximum absolute atomic E-state index is 12.0. The van der Waals surface area contributed by atoms with Crippen molar-refractivity contribution in [3.63, 3.8) is 0 Å². The summed E-state index contributed by atoms with van der Waals surface area (Å²) in [5.74, 6) is 0. The molecule has 1 atom stereocenters. The molecule has 0 bridgehead atoms. The minimum absolute atomic E-state index is 0.0238. The van der Waals surface area contributed by atoms with Gasteiger partial charge in [0.25, 0.3) is 6.43 Å². The zero-order chi connectivity index (χ0) is 13.4. The number of alkyl halides is 2. The molecule has 0 saturated heterocycles. The Morgan fingerprint density at radius 3 is 2.39 bits per heavy atom. The minimum Gasteiger partial charge on any atom is -0.374 e.